The van der Waals surface area contributed by atoms with Gasteiger partial charge in [-0.2, -0.15) is 0 Å². The molecule has 0 N–H and O–H groups in total. The maximum atomic E-state index is 13.5. The van der Waals surface area contributed by atoms with Gasteiger partial charge >= 0.3 is 0 Å². The first-order valence-electron chi connectivity index (χ1n) is 4.48. The van der Waals surface area contributed by atoms with Gasteiger partial charge in [-0.05, 0) is 30.4 Å². The molecule has 1 nitrogen and oxygen atoms in total. The smallest absolute Gasteiger partial charge is 0.187 e. The minimum atomic E-state index is -1.87. The monoisotopic (exact) mass is 212 g/mol. The van der Waals surface area contributed by atoms with Gasteiger partial charge in [-0.15, -0.1) is 11.8 Å². The number of alkyl halides is 1. The number of rotatable bonds is 4. The first-order valence-corrected chi connectivity index (χ1v) is 5.47. The third-order valence-corrected chi connectivity index (χ3v) is 2.85. The van der Waals surface area contributed by atoms with Crippen molar-refractivity contribution in [1.29, 1.82) is 0 Å². The number of thioether (sulfide) groups is 1. The lowest BCUT2D eigenvalue weighted by molar-refractivity contribution is -0.117. The van der Waals surface area contributed by atoms with Gasteiger partial charge in [0.15, 0.2) is 12.0 Å². The van der Waals surface area contributed by atoms with Crippen LogP contribution in [-0.2, 0) is 10.5 Å². The van der Waals surface area contributed by atoms with E-state index >= 15 is 0 Å². The van der Waals surface area contributed by atoms with Crippen molar-refractivity contribution in [2.45, 2.75) is 24.4 Å². The van der Waals surface area contributed by atoms with Crippen molar-refractivity contribution in [3.63, 3.8) is 0 Å². The highest BCUT2D eigenvalue weighted by Gasteiger charge is 2.24. The Hall–Kier alpha value is -0.830. The molecule has 0 saturated carbocycles. The predicted octanol–water partition coefficient (Wildman–Crippen LogP) is 3.18. The summed E-state index contributed by atoms with van der Waals surface area (Å²) < 4.78 is 13.5. The van der Waals surface area contributed by atoms with E-state index in [1.807, 2.05) is 12.1 Å². The molecule has 1 rings (SSSR count). The van der Waals surface area contributed by atoms with E-state index in [0.717, 1.165) is 10.6 Å². The van der Waals surface area contributed by atoms with Crippen molar-refractivity contribution in [2.24, 2.45) is 0 Å². The number of carbonyl (C=O) groups excluding carboxylic acids is 1. The maximum absolute atomic E-state index is 13.5. The number of halogens is 1. The molecule has 14 heavy (non-hydrogen) atoms. The van der Waals surface area contributed by atoms with Crippen LogP contribution in [0.15, 0.2) is 29.2 Å². The van der Waals surface area contributed by atoms with E-state index in [1.165, 1.54) is 6.92 Å². The Morgan fingerprint density at radius 1 is 1.43 bits per heavy atom. The first-order chi connectivity index (χ1) is 6.60. The molecule has 0 aliphatic carbocycles. The van der Waals surface area contributed by atoms with Gasteiger partial charge < -0.3 is 0 Å². The first kappa shape index (κ1) is 11.2. The van der Waals surface area contributed by atoms with E-state index in [1.54, 1.807) is 23.9 Å². The van der Waals surface area contributed by atoms with Crippen LogP contribution in [0.3, 0.4) is 0 Å². The van der Waals surface area contributed by atoms with Gasteiger partial charge in [-0.3, -0.25) is 4.79 Å². The average molecular weight is 212 g/mol. The Morgan fingerprint density at radius 3 is 2.43 bits per heavy atom. The predicted molar refractivity (Wildman–Crippen MR) is 57.4 cm³/mol. The molecule has 0 aromatic heterocycles. The van der Waals surface area contributed by atoms with Crippen LogP contribution in [-0.4, -0.2) is 12.0 Å². The van der Waals surface area contributed by atoms with Gasteiger partial charge in [0.2, 0.25) is 0 Å². The van der Waals surface area contributed by atoms with Crippen molar-refractivity contribution in [1.82, 2.24) is 0 Å². The van der Waals surface area contributed by atoms with Crippen LogP contribution in [0.4, 0.5) is 4.39 Å². The Balaban J connectivity index is 2.88. The Kier molecular flexibility index (Phi) is 3.69. The summed E-state index contributed by atoms with van der Waals surface area (Å²) in [7, 11) is 0. The van der Waals surface area contributed by atoms with Crippen LogP contribution >= 0.6 is 11.8 Å². The second kappa shape index (κ2) is 4.60. The van der Waals surface area contributed by atoms with Crippen LogP contribution in [0.1, 0.15) is 19.4 Å². The highest BCUT2D eigenvalue weighted by molar-refractivity contribution is 7.99. The fourth-order valence-electron chi connectivity index (χ4n) is 1.11. The average Bonchev–Trinajstić information content (AvgIpc) is 2.19. The number of hydrogen-bond acceptors (Lipinski definition) is 2. The number of benzene rings is 1. The summed E-state index contributed by atoms with van der Waals surface area (Å²) in [5.41, 5.74) is -1.46. The third kappa shape index (κ3) is 2.58. The van der Waals surface area contributed by atoms with E-state index in [2.05, 4.69) is 6.92 Å². The Morgan fingerprint density at radius 2 is 2.00 bits per heavy atom. The summed E-state index contributed by atoms with van der Waals surface area (Å²) in [6, 6.07) is 6.99. The van der Waals surface area contributed by atoms with Gasteiger partial charge in [0.05, 0.1) is 0 Å². The molecule has 0 aliphatic heterocycles. The molecule has 76 valence electrons. The Labute approximate surface area is 87.7 Å². The largest absolute Gasteiger partial charge is 0.299 e. The normalized spacial score (nSPS) is 14.8. The molecule has 0 heterocycles. The van der Waals surface area contributed by atoms with Crippen molar-refractivity contribution in [3.05, 3.63) is 29.8 Å². The van der Waals surface area contributed by atoms with Crippen LogP contribution in [0, 0.1) is 0 Å². The molecule has 1 aromatic rings. The fraction of sp³-hybridized carbons (Fsp3) is 0.364. The molecule has 0 fully saturated rings. The van der Waals surface area contributed by atoms with Gasteiger partial charge in [0.25, 0.3) is 0 Å². The second-order valence-corrected chi connectivity index (χ2v) is 4.49. The SMILES string of the molecule is CCSc1ccc(C(C)(F)C=O)cc1. The van der Waals surface area contributed by atoms with Crippen LogP contribution in [0.2, 0.25) is 0 Å². The zero-order chi connectivity index (χ0) is 10.6. The summed E-state index contributed by atoms with van der Waals surface area (Å²) in [4.78, 5) is 11.6. The van der Waals surface area contributed by atoms with E-state index in [9.17, 15) is 9.18 Å². The van der Waals surface area contributed by atoms with Crippen molar-refractivity contribution >= 4 is 18.0 Å². The standard InChI is InChI=1S/C11H13FOS/c1-3-14-10-6-4-9(5-7-10)11(2,12)8-13/h4-8H,3H2,1-2H3. The summed E-state index contributed by atoms with van der Waals surface area (Å²) in [5.74, 6) is 0.986. The van der Waals surface area contributed by atoms with E-state index in [4.69, 9.17) is 0 Å². The van der Waals surface area contributed by atoms with Gasteiger partial charge in [-0.1, -0.05) is 19.1 Å². The summed E-state index contributed by atoms with van der Waals surface area (Å²) in [6.07, 6.45) is 0.328. The molecular weight excluding hydrogens is 199 g/mol. The van der Waals surface area contributed by atoms with Gasteiger partial charge in [-0.25, -0.2) is 4.39 Å². The lowest BCUT2D eigenvalue weighted by atomic mass is 10.0. The molecule has 0 saturated heterocycles. The Bertz CT molecular complexity index is 306. The van der Waals surface area contributed by atoms with E-state index < -0.39 is 5.67 Å². The minimum Gasteiger partial charge on any atom is -0.299 e. The third-order valence-electron chi connectivity index (χ3n) is 1.95. The minimum absolute atomic E-state index is 0.328. The molecule has 1 unspecified atom stereocenters. The lowest BCUT2D eigenvalue weighted by Crippen LogP contribution is -2.16. The molecule has 0 spiro atoms. The second-order valence-electron chi connectivity index (χ2n) is 3.15. The van der Waals surface area contributed by atoms with Crippen molar-refractivity contribution in [2.75, 3.05) is 5.75 Å². The zero-order valence-corrected chi connectivity index (χ0v) is 9.10. The van der Waals surface area contributed by atoms with Gasteiger partial charge in [0.1, 0.15) is 0 Å². The molecule has 0 radical (unpaired) electrons. The molecule has 0 amide bonds. The molecule has 3 heteroatoms. The lowest BCUT2D eigenvalue weighted by Gasteiger charge is -2.13. The van der Waals surface area contributed by atoms with Gasteiger partial charge in [0, 0.05) is 4.90 Å². The number of hydrogen-bond donors (Lipinski definition) is 0. The number of carbonyl (C=O) groups is 1. The van der Waals surface area contributed by atoms with E-state index in [-0.39, 0.29) is 0 Å². The van der Waals surface area contributed by atoms with E-state index in [0.29, 0.717) is 11.8 Å². The number of aldehydes is 1. The van der Waals surface area contributed by atoms with Crippen LogP contribution < -0.4 is 0 Å². The van der Waals surface area contributed by atoms with Crippen molar-refractivity contribution in [3.8, 4) is 0 Å². The van der Waals surface area contributed by atoms with Crippen LogP contribution in [0.25, 0.3) is 0 Å². The summed E-state index contributed by atoms with van der Waals surface area (Å²) >= 11 is 1.69. The van der Waals surface area contributed by atoms with Crippen molar-refractivity contribution < 1.29 is 9.18 Å². The topological polar surface area (TPSA) is 17.1 Å². The molecule has 1 atom stereocenters. The van der Waals surface area contributed by atoms with Crippen LogP contribution in [0.5, 0.6) is 0 Å². The maximum Gasteiger partial charge on any atom is 0.187 e. The zero-order valence-electron chi connectivity index (χ0n) is 8.29. The fourth-order valence-corrected chi connectivity index (χ4v) is 1.77. The summed E-state index contributed by atoms with van der Waals surface area (Å²) in [6.45, 7) is 3.32. The quantitative estimate of drug-likeness (QED) is 0.563. The molecule has 0 bridgehead atoms. The molecule has 1 aromatic carbocycles. The molecular formula is C11H13FOS. The highest BCUT2D eigenvalue weighted by atomic mass is 32.2. The summed E-state index contributed by atoms with van der Waals surface area (Å²) in [5, 5.41) is 0. The highest BCUT2D eigenvalue weighted by Crippen LogP contribution is 2.25. The molecule has 0 aliphatic rings.